The molecule has 0 spiro atoms. The summed E-state index contributed by atoms with van der Waals surface area (Å²) in [5, 5.41) is 20.0. The zero-order valence-electron chi connectivity index (χ0n) is 19.7. The predicted molar refractivity (Wildman–Crippen MR) is 140 cm³/mol. The minimum Gasteiger partial charge on any atom is -0.507 e. The van der Waals surface area contributed by atoms with Crippen molar-refractivity contribution in [2.45, 2.75) is 35.6 Å². The van der Waals surface area contributed by atoms with Gasteiger partial charge in [-0.05, 0) is 48.4 Å². The Morgan fingerprint density at radius 2 is 1.97 bits per heavy atom. The molecule has 0 aliphatic carbocycles. The third kappa shape index (κ3) is 4.32. The average molecular weight is 532 g/mol. The van der Waals surface area contributed by atoms with Gasteiger partial charge in [0.1, 0.15) is 29.4 Å². The number of ether oxygens (including phenoxy) is 1. The van der Waals surface area contributed by atoms with Crippen LogP contribution in [-0.4, -0.2) is 33.1 Å². The molecule has 2 atom stereocenters. The molecule has 4 aromatic rings. The van der Waals surface area contributed by atoms with Gasteiger partial charge in [-0.2, -0.15) is 0 Å². The number of furan rings is 1. The largest absolute Gasteiger partial charge is 0.507 e. The van der Waals surface area contributed by atoms with Crippen molar-refractivity contribution >= 4 is 45.7 Å². The van der Waals surface area contributed by atoms with Gasteiger partial charge in [-0.15, -0.1) is 10.2 Å². The van der Waals surface area contributed by atoms with Crippen LogP contribution < -0.4 is 9.64 Å². The lowest BCUT2D eigenvalue weighted by atomic mass is 9.97. The second kappa shape index (κ2) is 9.53. The van der Waals surface area contributed by atoms with Crippen molar-refractivity contribution in [2.75, 3.05) is 4.90 Å². The Morgan fingerprint density at radius 3 is 2.76 bits per heavy atom. The summed E-state index contributed by atoms with van der Waals surface area (Å²) in [4.78, 5) is 27.8. The Labute approximate surface area is 220 Å². The van der Waals surface area contributed by atoms with Crippen LogP contribution in [0, 0.1) is 0 Å². The van der Waals surface area contributed by atoms with Crippen LogP contribution in [0.1, 0.15) is 35.4 Å². The molecule has 8 nitrogen and oxygen atoms in total. The van der Waals surface area contributed by atoms with E-state index in [0.29, 0.717) is 27.8 Å². The summed E-state index contributed by atoms with van der Waals surface area (Å²) < 4.78 is 12.0. The molecule has 10 heteroatoms. The molecule has 0 saturated carbocycles. The summed E-state index contributed by atoms with van der Waals surface area (Å²) in [7, 11) is 0. The molecule has 6 rings (SSSR count). The first kappa shape index (κ1) is 23.5. The fourth-order valence-corrected chi connectivity index (χ4v) is 6.37. The van der Waals surface area contributed by atoms with Gasteiger partial charge in [0.2, 0.25) is 5.13 Å². The number of aromatic nitrogens is 2. The van der Waals surface area contributed by atoms with Crippen molar-refractivity contribution in [3.05, 3.63) is 95.0 Å². The first-order valence-electron chi connectivity index (χ1n) is 11.6. The number of rotatable bonds is 6. The van der Waals surface area contributed by atoms with E-state index < -0.39 is 17.7 Å². The second-order valence-corrected chi connectivity index (χ2v) is 10.9. The van der Waals surface area contributed by atoms with Crippen LogP contribution in [-0.2, 0) is 21.8 Å². The molecule has 0 bridgehead atoms. The van der Waals surface area contributed by atoms with E-state index in [-0.39, 0.29) is 22.6 Å². The molecule has 2 aromatic heterocycles. The van der Waals surface area contributed by atoms with Gasteiger partial charge in [0, 0.05) is 17.7 Å². The van der Waals surface area contributed by atoms with Crippen LogP contribution in [0.4, 0.5) is 5.13 Å². The van der Waals surface area contributed by atoms with E-state index in [2.05, 4.69) is 10.2 Å². The first-order valence-corrected chi connectivity index (χ1v) is 13.4. The fraction of sp³-hybridized carbons (Fsp3) is 0.185. The summed E-state index contributed by atoms with van der Waals surface area (Å²) in [5.41, 5.74) is 2.45. The Bertz CT molecular complexity index is 1510. The number of hydrogen-bond acceptors (Lipinski definition) is 9. The number of fused-ring (bicyclic) bond motifs is 1. The van der Waals surface area contributed by atoms with Crippen molar-refractivity contribution < 1.29 is 23.8 Å². The van der Waals surface area contributed by atoms with Crippen molar-refractivity contribution in [2.24, 2.45) is 0 Å². The topological polar surface area (TPSA) is 106 Å². The molecule has 2 aromatic carbocycles. The Kier molecular flexibility index (Phi) is 6.05. The number of hydrogen-bond donors (Lipinski definition) is 1. The smallest absolute Gasteiger partial charge is 0.302 e. The summed E-state index contributed by atoms with van der Waals surface area (Å²) >= 11 is 2.71. The predicted octanol–water partition coefficient (Wildman–Crippen LogP) is 5.37. The van der Waals surface area contributed by atoms with Gasteiger partial charge in [-0.3, -0.25) is 14.5 Å². The number of carbonyl (C=O) groups excluding carboxylic acids is 2. The SMILES string of the molecule is CC1Cc2cc(/C(O)=C3\C(=O)C(=O)N(c4nnc(SCc5ccccc5)s4)C3c3ccco3)ccc2O1. The molecule has 4 heterocycles. The number of aliphatic hydroxyl groups is 1. The van der Waals surface area contributed by atoms with Crippen LogP contribution in [0.2, 0.25) is 0 Å². The number of aliphatic hydroxyl groups excluding tert-OH is 1. The molecular weight excluding hydrogens is 510 g/mol. The Morgan fingerprint density at radius 1 is 1.14 bits per heavy atom. The van der Waals surface area contributed by atoms with Crippen LogP contribution in [0.3, 0.4) is 0 Å². The number of benzene rings is 2. The number of thioether (sulfide) groups is 1. The maximum atomic E-state index is 13.3. The van der Waals surface area contributed by atoms with Crippen molar-refractivity contribution in [3.8, 4) is 5.75 Å². The van der Waals surface area contributed by atoms with Crippen LogP contribution >= 0.6 is 23.1 Å². The molecule has 2 aliphatic rings. The molecular formula is C27H21N3O5S2. The zero-order valence-corrected chi connectivity index (χ0v) is 21.3. The molecule has 2 unspecified atom stereocenters. The van der Waals surface area contributed by atoms with Gasteiger partial charge in [0.05, 0.1) is 11.8 Å². The van der Waals surface area contributed by atoms with E-state index in [4.69, 9.17) is 9.15 Å². The standard InChI is InChI=1S/C27H21N3O5S2/c1-15-12-18-13-17(9-10-19(18)35-15)23(31)21-22(20-8-5-11-34-20)30(25(33)24(21)32)26-28-29-27(37-26)36-14-16-6-3-2-4-7-16/h2-11,13,15,22,31H,12,14H2,1H3/b23-21+. The molecule has 1 fully saturated rings. The number of amides is 1. The fourth-order valence-electron chi connectivity index (χ4n) is 4.55. The first-order chi connectivity index (χ1) is 18.0. The van der Waals surface area contributed by atoms with E-state index in [1.54, 1.807) is 30.3 Å². The van der Waals surface area contributed by atoms with Gasteiger partial charge < -0.3 is 14.3 Å². The zero-order chi connectivity index (χ0) is 25.5. The lowest BCUT2D eigenvalue weighted by molar-refractivity contribution is -0.132. The van der Waals surface area contributed by atoms with Gasteiger partial charge in [0.25, 0.3) is 5.78 Å². The van der Waals surface area contributed by atoms with Crippen molar-refractivity contribution in [1.82, 2.24) is 10.2 Å². The van der Waals surface area contributed by atoms with Crippen LogP contribution in [0.15, 0.2) is 81.3 Å². The summed E-state index contributed by atoms with van der Waals surface area (Å²) in [5.74, 6) is -0.0901. The number of nitrogens with zero attached hydrogens (tertiary/aromatic N) is 3. The number of ketones is 1. The highest BCUT2D eigenvalue weighted by Crippen LogP contribution is 2.44. The highest BCUT2D eigenvalue weighted by Gasteiger charge is 2.49. The lowest BCUT2D eigenvalue weighted by Gasteiger charge is -2.20. The quantitative estimate of drug-likeness (QED) is 0.116. The minimum atomic E-state index is -0.974. The molecule has 1 saturated heterocycles. The summed E-state index contributed by atoms with van der Waals surface area (Å²) in [6.45, 7) is 1.97. The van der Waals surface area contributed by atoms with Crippen LogP contribution in [0.5, 0.6) is 5.75 Å². The molecule has 2 aliphatic heterocycles. The maximum Gasteiger partial charge on any atom is 0.302 e. The van der Waals surface area contributed by atoms with E-state index in [0.717, 1.165) is 16.9 Å². The monoisotopic (exact) mass is 531 g/mol. The number of carbonyl (C=O) groups is 2. The molecule has 186 valence electrons. The summed E-state index contributed by atoms with van der Waals surface area (Å²) in [6.07, 6.45) is 2.19. The van der Waals surface area contributed by atoms with Gasteiger partial charge in [-0.1, -0.05) is 53.4 Å². The Balaban J connectivity index is 1.36. The van der Waals surface area contributed by atoms with Crippen molar-refractivity contribution in [3.63, 3.8) is 0 Å². The molecule has 1 amide bonds. The van der Waals surface area contributed by atoms with E-state index >= 15 is 0 Å². The Hall–Kier alpha value is -3.89. The van der Waals surface area contributed by atoms with E-state index in [1.807, 2.05) is 37.3 Å². The average Bonchev–Trinajstić information content (AvgIpc) is 3.70. The highest BCUT2D eigenvalue weighted by molar-refractivity contribution is 8.00. The summed E-state index contributed by atoms with van der Waals surface area (Å²) in [6, 6.07) is 17.6. The van der Waals surface area contributed by atoms with Gasteiger partial charge in [-0.25, -0.2) is 0 Å². The van der Waals surface area contributed by atoms with Gasteiger partial charge >= 0.3 is 5.91 Å². The minimum absolute atomic E-state index is 0.0347. The second-order valence-electron chi connectivity index (χ2n) is 8.76. The lowest BCUT2D eigenvalue weighted by Crippen LogP contribution is -2.29. The molecule has 37 heavy (non-hydrogen) atoms. The van der Waals surface area contributed by atoms with E-state index in [9.17, 15) is 14.7 Å². The molecule has 0 radical (unpaired) electrons. The van der Waals surface area contributed by atoms with Crippen molar-refractivity contribution in [1.29, 1.82) is 0 Å². The third-order valence-electron chi connectivity index (χ3n) is 6.23. The molecule has 1 N–H and O–H groups in total. The number of anilines is 1. The normalized spacial score (nSPS) is 20.3. The highest BCUT2D eigenvalue weighted by atomic mass is 32.2. The third-order valence-corrected chi connectivity index (χ3v) is 8.36. The number of Topliss-reactive ketones (excluding diaryl/α,β-unsaturated/α-hetero) is 1. The maximum absolute atomic E-state index is 13.3. The van der Waals surface area contributed by atoms with E-state index in [1.165, 1.54) is 34.3 Å². The van der Waals surface area contributed by atoms with Crippen LogP contribution in [0.25, 0.3) is 5.76 Å². The van der Waals surface area contributed by atoms with Gasteiger partial charge in [0.15, 0.2) is 4.34 Å².